The summed E-state index contributed by atoms with van der Waals surface area (Å²) in [5.41, 5.74) is 0.421. The molecule has 1 atom stereocenters. The van der Waals surface area contributed by atoms with Crippen molar-refractivity contribution in [3.8, 4) is 0 Å². The maximum atomic E-state index is 14.6. The minimum absolute atomic E-state index is 0.0492. The Morgan fingerprint density at radius 2 is 1.82 bits per heavy atom. The highest BCUT2D eigenvalue weighted by atomic mass is 35.5. The van der Waals surface area contributed by atoms with Crippen LogP contribution >= 0.6 is 22.9 Å². The van der Waals surface area contributed by atoms with E-state index >= 15 is 0 Å². The van der Waals surface area contributed by atoms with Crippen molar-refractivity contribution >= 4 is 38.5 Å². The topological polar surface area (TPSA) is 59.1 Å². The van der Waals surface area contributed by atoms with Crippen LogP contribution in [0.2, 0.25) is 5.02 Å². The molecule has 0 spiro atoms. The summed E-state index contributed by atoms with van der Waals surface area (Å²) in [5.74, 6) is -2.49. The van der Waals surface area contributed by atoms with E-state index in [9.17, 15) is 21.6 Å². The van der Waals surface area contributed by atoms with Gasteiger partial charge in [0.15, 0.2) is 0 Å². The monoisotopic (exact) mass is 446 g/mol. The van der Waals surface area contributed by atoms with E-state index in [1.807, 2.05) is 0 Å². The summed E-state index contributed by atoms with van der Waals surface area (Å²) in [4.78, 5) is 3.11. The largest absolute Gasteiger partial charge is 0.377 e. The van der Waals surface area contributed by atoms with Crippen molar-refractivity contribution in [2.45, 2.75) is 28.6 Å². The number of aromatic nitrogens is 1. The van der Waals surface area contributed by atoms with Crippen molar-refractivity contribution in [3.05, 3.63) is 69.9 Å². The molecule has 3 aromatic rings. The SMILES string of the molecule is CC[C@H](Nc1cc(F)c(S(=O)(=O)c2nccs2)cc1Cl)c1cc(F)cc(F)c1. The molecule has 10 heteroatoms. The molecule has 2 aromatic carbocycles. The Morgan fingerprint density at radius 1 is 1.14 bits per heavy atom. The van der Waals surface area contributed by atoms with Gasteiger partial charge in [-0.3, -0.25) is 0 Å². The predicted molar refractivity (Wildman–Crippen MR) is 102 cm³/mol. The molecule has 148 valence electrons. The van der Waals surface area contributed by atoms with Crippen LogP contribution in [-0.4, -0.2) is 13.4 Å². The molecule has 0 aliphatic rings. The summed E-state index contributed by atoms with van der Waals surface area (Å²) in [6.45, 7) is 1.77. The first-order valence-corrected chi connectivity index (χ1v) is 10.8. The summed E-state index contributed by atoms with van der Waals surface area (Å²) in [5, 5.41) is 4.32. The van der Waals surface area contributed by atoms with E-state index in [1.165, 1.54) is 11.6 Å². The van der Waals surface area contributed by atoms with Crippen LogP contribution in [0.1, 0.15) is 24.9 Å². The van der Waals surface area contributed by atoms with E-state index in [0.29, 0.717) is 12.0 Å². The Labute approximate surface area is 168 Å². The lowest BCUT2D eigenvalue weighted by Gasteiger charge is -2.20. The van der Waals surface area contributed by atoms with E-state index in [4.69, 9.17) is 11.6 Å². The van der Waals surface area contributed by atoms with Crippen LogP contribution in [0.4, 0.5) is 18.9 Å². The second kappa shape index (κ2) is 8.10. The fourth-order valence-electron chi connectivity index (χ4n) is 2.67. The quantitative estimate of drug-likeness (QED) is 0.534. The first-order chi connectivity index (χ1) is 13.2. The number of nitrogens with one attached hydrogen (secondary N) is 1. The number of hydrogen-bond donors (Lipinski definition) is 1. The highest BCUT2D eigenvalue weighted by Crippen LogP contribution is 2.34. The lowest BCUT2D eigenvalue weighted by Crippen LogP contribution is -2.12. The van der Waals surface area contributed by atoms with E-state index in [0.717, 1.165) is 41.7 Å². The van der Waals surface area contributed by atoms with Crippen LogP contribution in [0.3, 0.4) is 0 Å². The molecule has 3 rings (SSSR count). The van der Waals surface area contributed by atoms with Gasteiger partial charge in [-0.2, -0.15) is 0 Å². The Hall–Kier alpha value is -2.10. The summed E-state index contributed by atoms with van der Waals surface area (Å²) in [7, 11) is -4.14. The van der Waals surface area contributed by atoms with Gasteiger partial charge >= 0.3 is 0 Å². The number of nitrogens with zero attached hydrogens (tertiary/aromatic N) is 1. The molecule has 0 fully saturated rings. The van der Waals surface area contributed by atoms with Crippen molar-refractivity contribution < 1.29 is 21.6 Å². The normalized spacial score (nSPS) is 12.8. The summed E-state index contributed by atoms with van der Waals surface area (Å²) in [6, 6.07) is 4.45. The Bertz CT molecular complexity index is 1090. The Balaban J connectivity index is 1.96. The zero-order valence-electron chi connectivity index (χ0n) is 14.4. The van der Waals surface area contributed by atoms with Gasteiger partial charge in [0.25, 0.3) is 0 Å². The molecule has 0 aliphatic carbocycles. The molecule has 0 saturated heterocycles. The predicted octanol–water partition coefficient (Wildman–Crippen LogP) is 5.61. The van der Waals surface area contributed by atoms with E-state index in [-0.39, 0.29) is 15.0 Å². The fourth-order valence-corrected chi connectivity index (χ4v) is 5.23. The van der Waals surface area contributed by atoms with E-state index in [1.54, 1.807) is 6.92 Å². The second-order valence-electron chi connectivity index (χ2n) is 5.87. The third-order valence-corrected chi connectivity index (χ3v) is 7.26. The highest BCUT2D eigenvalue weighted by Gasteiger charge is 2.26. The maximum Gasteiger partial charge on any atom is 0.236 e. The van der Waals surface area contributed by atoms with Gasteiger partial charge in [-0.05, 0) is 36.2 Å². The van der Waals surface area contributed by atoms with Gasteiger partial charge < -0.3 is 5.32 Å². The minimum atomic E-state index is -4.14. The van der Waals surface area contributed by atoms with Crippen molar-refractivity contribution in [2.24, 2.45) is 0 Å². The van der Waals surface area contributed by atoms with Gasteiger partial charge in [0.2, 0.25) is 14.2 Å². The van der Waals surface area contributed by atoms with Crippen molar-refractivity contribution in [3.63, 3.8) is 0 Å². The van der Waals surface area contributed by atoms with Crippen molar-refractivity contribution in [1.82, 2.24) is 4.98 Å². The summed E-state index contributed by atoms with van der Waals surface area (Å²) in [6.07, 6.45) is 1.72. The Morgan fingerprint density at radius 3 is 2.39 bits per heavy atom. The fraction of sp³-hybridized carbons (Fsp3) is 0.167. The van der Waals surface area contributed by atoms with Crippen LogP contribution in [0.15, 0.2) is 51.1 Å². The molecule has 1 heterocycles. The summed E-state index contributed by atoms with van der Waals surface area (Å²) < 4.78 is 66.3. The molecular formula is C18H14ClF3N2O2S2. The van der Waals surface area contributed by atoms with Gasteiger partial charge in [-0.25, -0.2) is 26.6 Å². The number of anilines is 1. The molecular weight excluding hydrogens is 433 g/mol. The van der Waals surface area contributed by atoms with Crippen LogP contribution in [-0.2, 0) is 9.84 Å². The van der Waals surface area contributed by atoms with Crippen LogP contribution in [0, 0.1) is 17.5 Å². The lowest BCUT2D eigenvalue weighted by atomic mass is 10.0. The third-order valence-electron chi connectivity index (χ3n) is 3.98. The molecule has 0 saturated carbocycles. The zero-order valence-corrected chi connectivity index (χ0v) is 16.8. The average molecular weight is 447 g/mol. The first-order valence-electron chi connectivity index (χ1n) is 8.08. The van der Waals surface area contributed by atoms with Gasteiger partial charge in [-0.15, -0.1) is 11.3 Å². The molecule has 0 aliphatic heterocycles. The first kappa shape index (κ1) is 20.6. The van der Waals surface area contributed by atoms with Gasteiger partial charge in [0.05, 0.1) is 16.8 Å². The van der Waals surface area contributed by atoms with Crippen LogP contribution < -0.4 is 5.32 Å². The number of halogens is 4. The number of thiazole rings is 1. The molecule has 1 N–H and O–H groups in total. The molecule has 0 unspecified atom stereocenters. The minimum Gasteiger partial charge on any atom is -0.377 e. The zero-order chi connectivity index (χ0) is 20.5. The van der Waals surface area contributed by atoms with Gasteiger partial charge in [0, 0.05) is 17.6 Å². The third kappa shape index (κ3) is 4.16. The molecule has 28 heavy (non-hydrogen) atoms. The lowest BCUT2D eigenvalue weighted by molar-refractivity contribution is 0.565. The molecule has 4 nitrogen and oxygen atoms in total. The maximum absolute atomic E-state index is 14.6. The van der Waals surface area contributed by atoms with Crippen LogP contribution in [0.25, 0.3) is 0 Å². The molecule has 0 amide bonds. The van der Waals surface area contributed by atoms with Gasteiger partial charge in [-0.1, -0.05) is 18.5 Å². The van der Waals surface area contributed by atoms with Crippen molar-refractivity contribution in [2.75, 3.05) is 5.32 Å². The Kier molecular flexibility index (Phi) is 5.97. The number of benzene rings is 2. The van der Waals surface area contributed by atoms with E-state index < -0.39 is 38.2 Å². The molecule has 0 bridgehead atoms. The van der Waals surface area contributed by atoms with E-state index in [2.05, 4.69) is 10.3 Å². The second-order valence-corrected chi connectivity index (χ2v) is 9.27. The molecule has 0 radical (unpaired) electrons. The standard InChI is InChI=1S/C18H14ClF3N2O2S2/c1-2-15(10-5-11(20)7-12(21)6-10)24-16-9-14(22)17(8-13(16)19)28(25,26)18-23-3-4-27-18/h3-9,15,24H,2H2,1H3/t15-/m0/s1. The smallest absolute Gasteiger partial charge is 0.236 e. The summed E-state index contributed by atoms with van der Waals surface area (Å²) >= 11 is 7.02. The number of rotatable bonds is 6. The molecule has 1 aromatic heterocycles. The van der Waals surface area contributed by atoms with Crippen LogP contribution in [0.5, 0.6) is 0 Å². The average Bonchev–Trinajstić information content (AvgIpc) is 3.16. The number of hydrogen-bond acceptors (Lipinski definition) is 5. The highest BCUT2D eigenvalue weighted by molar-refractivity contribution is 7.93. The number of sulfone groups is 1. The van der Waals surface area contributed by atoms with Crippen molar-refractivity contribution in [1.29, 1.82) is 0 Å². The van der Waals surface area contributed by atoms with Gasteiger partial charge in [0.1, 0.15) is 22.3 Å².